The third-order valence-corrected chi connectivity index (χ3v) is 4.93. The highest BCUT2D eigenvalue weighted by atomic mass is 32.2. The number of hydrogen-bond donors (Lipinski definition) is 1. The number of unbranched alkanes of at least 4 members (excludes halogenated alkanes) is 1. The summed E-state index contributed by atoms with van der Waals surface area (Å²) >= 11 is 0. The molecule has 0 unspecified atom stereocenters. The molecule has 124 valence electrons. The predicted molar refractivity (Wildman–Crippen MR) is 92.2 cm³/mol. The minimum Gasteiger partial charge on any atom is -0.494 e. The second-order valence-corrected chi connectivity index (χ2v) is 7.07. The van der Waals surface area contributed by atoms with Gasteiger partial charge in [-0.25, -0.2) is 13.1 Å². The van der Waals surface area contributed by atoms with Gasteiger partial charge in [-0.15, -0.1) is 0 Å². The predicted octanol–water partition coefficient (Wildman–Crippen LogP) is 3.39. The van der Waals surface area contributed by atoms with E-state index in [4.69, 9.17) is 4.74 Å². The molecule has 0 heterocycles. The van der Waals surface area contributed by atoms with Gasteiger partial charge >= 0.3 is 0 Å². The zero-order chi connectivity index (χ0) is 16.5. The van der Waals surface area contributed by atoms with Crippen LogP contribution in [-0.2, 0) is 16.4 Å². The van der Waals surface area contributed by atoms with Gasteiger partial charge in [-0.2, -0.15) is 0 Å². The number of sulfonamides is 1. The standard InChI is InChI=1S/C18H23NO3S/c1-2-3-15-22-17-9-11-18(12-10-17)23(20,21)19-14-13-16-7-5-4-6-8-16/h4-12,19H,2-3,13-15H2,1H3. The topological polar surface area (TPSA) is 55.4 Å². The first-order valence-electron chi connectivity index (χ1n) is 7.88. The molecule has 0 saturated carbocycles. The molecular weight excluding hydrogens is 310 g/mol. The number of rotatable bonds is 9. The summed E-state index contributed by atoms with van der Waals surface area (Å²) in [6.07, 6.45) is 2.72. The minimum absolute atomic E-state index is 0.258. The molecule has 0 aliphatic carbocycles. The van der Waals surface area contributed by atoms with Gasteiger partial charge in [0.2, 0.25) is 10.0 Å². The molecule has 5 heteroatoms. The van der Waals surface area contributed by atoms with Crippen LogP contribution in [0.15, 0.2) is 59.5 Å². The quantitative estimate of drug-likeness (QED) is 0.716. The molecule has 2 rings (SSSR count). The van der Waals surface area contributed by atoms with Gasteiger partial charge in [0.1, 0.15) is 5.75 Å². The first kappa shape index (κ1) is 17.5. The Kier molecular flexibility index (Phi) is 6.62. The summed E-state index contributed by atoms with van der Waals surface area (Å²) in [5, 5.41) is 0. The molecule has 0 radical (unpaired) electrons. The van der Waals surface area contributed by atoms with E-state index in [-0.39, 0.29) is 4.90 Å². The maximum atomic E-state index is 12.2. The number of ether oxygens (including phenoxy) is 1. The lowest BCUT2D eigenvalue weighted by Gasteiger charge is -2.09. The van der Waals surface area contributed by atoms with Crippen molar-refractivity contribution in [3.8, 4) is 5.75 Å². The van der Waals surface area contributed by atoms with E-state index in [0.717, 1.165) is 18.4 Å². The summed E-state index contributed by atoms with van der Waals surface area (Å²) < 4.78 is 32.6. The van der Waals surface area contributed by atoms with Crippen LogP contribution in [0.5, 0.6) is 5.75 Å². The lowest BCUT2D eigenvalue weighted by atomic mass is 10.2. The summed E-state index contributed by atoms with van der Waals surface area (Å²) in [5.74, 6) is 0.696. The van der Waals surface area contributed by atoms with Crippen molar-refractivity contribution in [3.05, 3.63) is 60.2 Å². The van der Waals surface area contributed by atoms with E-state index in [0.29, 0.717) is 25.3 Å². The van der Waals surface area contributed by atoms with Crippen LogP contribution in [0.4, 0.5) is 0 Å². The van der Waals surface area contributed by atoms with E-state index >= 15 is 0 Å². The lowest BCUT2D eigenvalue weighted by molar-refractivity contribution is 0.309. The smallest absolute Gasteiger partial charge is 0.240 e. The fourth-order valence-electron chi connectivity index (χ4n) is 2.11. The van der Waals surface area contributed by atoms with Crippen molar-refractivity contribution >= 4 is 10.0 Å². The van der Waals surface area contributed by atoms with Gasteiger partial charge < -0.3 is 4.74 Å². The van der Waals surface area contributed by atoms with E-state index in [1.807, 2.05) is 30.3 Å². The largest absolute Gasteiger partial charge is 0.494 e. The van der Waals surface area contributed by atoms with Crippen molar-refractivity contribution in [2.24, 2.45) is 0 Å². The van der Waals surface area contributed by atoms with E-state index < -0.39 is 10.0 Å². The normalized spacial score (nSPS) is 11.3. The molecule has 2 aromatic rings. The number of hydrogen-bond acceptors (Lipinski definition) is 3. The second-order valence-electron chi connectivity index (χ2n) is 5.31. The van der Waals surface area contributed by atoms with Crippen molar-refractivity contribution in [2.45, 2.75) is 31.1 Å². The molecule has 0 spiro atoms. The zero-order valence-corrected chi connectivity index (χ0v) is 14.2. The molecular formula is C18H23NO3S. The van der Waals surface area contributed by atoms with Crippen LogP contribution in [-0.4, -0.2) is 21.6 Å². The maximum absolute atomic E-state index is 12.2. The summed E-state index contributed by atoms with van der Waals surface area (Å²) in [5.41, 5.74) is 1.11. The van der Waals surface area contributed by atoms with Gasteiger partial charge in [0, 0.05) is 6.54 Å². The van der Waals surface area contributed by atoms with Crippen molar-refractivity contribution in [2.75, 3.05) is 13.2 Å². The second kappa shape index (κ2) is 8.70. The van der Waals surface area contributed by atoms with Gasteiger partial charge in [0.25, 0.3) is 0 Å². The Bertz CT molecular complexity index is 682. The highest BCUT2D eigenvalue weighted by Gasteiger charge is 2.13. The molecule has 0 aliphatic heterocycles. The molecule has 4 nitrogen and oxygen atoms in total. The Balaban J connectivity index is 1.88. The van der Waals surface area contributed by atoms with Crippen LogP contribution in [0.3, 0.4) is 0 Å². The van der Waals surface area contributed by atoms with Crippen molar-refractivity contribution < 1.29 is 13.2 Å². The average molecular weight is 333 g/mol. The van der Waals surface area contributed by atoms with Gasteiger partial charge in [-0.3, -0.25) is 0 Å². The van der Waals surface area contributed by atoms with E-state index in [1.54, 1.807) is 24.3 Å². The summed E-state index contributed by atoms with van der Waals surface area (Å²) in [7, 11) is -3.48. The van der Waals surface area contributed by atoms with Crippen LogP contribution in [0.1, 0.15) is 25.3 Å². The summed E-state index contributed by atoms with van der Waals surface area (Å²) in [6.45, 7) is 3.12. The van der Waals surface area contributed by atoms with E-state index in [2.05, 4.69) is 11.6 Å². The Morgan fingerprint density at radius 2 is 1.70 bits per heavy atom. The molecule has 0 atom stereocenters. The Morgan fingerprint density at radius 1 is 1.00 bits per heavy atom. The third kappa shape index (κ3) is 5.69. The SMILES string of the molecule is CCCCOc1ccc(S(=O)(=O)NCCc2ccccc2)cc1. The van der Waals surface area contributed by atoms with Crippen LogP contribution in [0.25, 0.3) is 0 Å². The first-order valence-corrected chi connectivity index (χ1v) is 9.36. The average Bonchev–Trinajstić information content (AvgIpc) is 2.56. The number of benzene rings is 2. The van der Waals surface area contributed by atoms with E-state index in [1.165, 1.54) is 0 Å². The summed E-state index contributed by atoms with van der Waals surface area (Å²) in [6, 6.07) is 16.3. The van der Waals surface area contributed by atoms with Crippen molar-refractivity contribution in [3.63, 3.8) is 0 Å². The molecule has 0 aromatic heterocycles. The van der Waals surface area contributed by atoms with Crippen LogP contribution in [0.2, 0.25) is 0 Å². The Hall–Kier alpha value is -1.85. The molecule has 0 amide bonds. The molecule has 0 aliphatic rings. The van der Waals surface area contributed by atoms with Crippen molar-refractivity contribution in [1.29, 1.82) is 0 Å². The summed E-state index contributed by atoms with van der Waals surface area (Å²) in [4.78, 5) is 0.258. The maximum Gasteiger partial charge on any atom is 0.240 e. The van der Waals surface area contributed by atoms with Crippen molar-refractivity contribution in [1.82, 2.24) is 4.72 Å². The molecule has 2 aromatic carbocycles. The third-order valence-electron chi connectivity index (χ3n) is 3.45. The Morgan fingerprint density at radius 3 is 2.35 bits per heavy atom. The monoisotopic (exact) mass is 333 g/mol. The molecule has 0 fully saturated rings. The Labute approximate surface area is 138 Å². The van der Waals surface area contributed by atoms with Gasteiger partial charge in [0.15, 0.2) is 0 Å². The molecule has 0 saturated heterocycles. The highest BCUT2D eigenvalue weighted by Crippen LogP contribution is 2.16. The van der Waals surface area contributed by atoms with Gasteiger partial charge in [0.05, 0.1) is 11.5 Å². The first-order chi connectivity index (χ1) is 11.1. The fraction of sp³-hybridized carbons (Fsp3) is 0.333. The van der Waals surface area contributed by atoms with Crippen LogP contribution in [0, 0.1) is 0 Å². The fourth-order valence-corrected chi connectivity index (χ4v) is 3.14. The minimum atomic E-state index is -3.48. The van der Waals surface area contributed by atoms with Gasteiger partial charge in [-0.05, 0) is 42.7 Å². The van der Waals surface area contributed by atoms with Gasteiger partial charge in [-0.1, -0.05) is 43.7 Å². The molecule has 23 heavy (non-hydrogen) atoms. The van der Waals surface area contributed by atoms with E-state index in [9.17, 15) is 8.42 Å². The van der Waals surface area contributed by atoms with Crippen LogP contribution < -0.4 is 9.46 Å². The van der Waals surface area contributed by atoms with Crippen LogP contribution >= 0.6 is 0 Å². The number of nitrogens with one attached hydrogen (secondary N) is 1. The zero-order valence-electron chi connectivity index (χ0n) is 13.4. The molecule has 0 bridgehead atoms. The highest BCUT2D eigenvalue weighted by molar-refractivity contribution is 7.89. The molecule has 1 N–H and O–H groups in total. The lowest BCUT2D eigenvalue weighted by Crippen LogP contribution is -2.25.